The summed E-state index contributed by atoms with van der Waals surface area (Å²) in [6, 6.07) is 41.3. The first-order valence-corrected chi connectivity index (χ1v) is 14.5. The minimum absolute atomic E-state index is 0.525. The molecule has 4 aromatic carbocycles. The zero-order chi connectivity index (χ0) is 26.5. The van der Waals surface area contributed by atoms with Crippen molar-refractivity contribution in [1.29, 1.82) is 0 Å². The second-order valence-corrected chi connectivity index (χ2v) is 11.6. The van der Waals surface area contributed by atoms with Gasteiger partial charge in [-0.1, -0.05) is 112 Å². The molecular formula is C35H30Br2N+. The summed E-state index contributed by atoms with van der Waals surface area (Å²) < 4.78 is 4.57. The Morgan fingerprint density at radius 2 is 1.24 bits per heavy atom. The SMILES string of the molecule is CC(C)c1ccc(/C=C/c2cc(-c3ccc(Br)cc3)cc(-c3ccc(Br)cc3)[n+]2Cc2ccccc2)cc1. The summed E-state index contributed by atoms with van der Waals surface area (Å²) in [5, 5.41) is 0. The second kappa shape index (κ2) is 12.1. The Bertz CT molecular complexity index is 1530. The van der Waals surface area contributed by atoms with E-state index in [1.807, 2.05) is 0 Å². The van der Waals surface area contributed by atoms with Gasteiger partial charge in [0.15, 0.2) is 6.54 Å². The lowest BCUT2D eigenvalue weighted by atomic mass is 10.00. The average molecular weight is 624 g/mol. The lowest BCUT2D eigenvalue weighted by molar-refractivity contribution is -0.679. The topological polar surface area (TPSA) is 3.88 Å². The fourth-order valence-electron chi connectivity index (χ4n) is 4.57. The molecule has 1 aromatic heterocycles. The van der Waals surface area contributed by atoms with Gasteiger partial charge in [0.05, 0.1) is 0 Å². The van der Waals surface area contributed by atoms with E-state index < -0.39 is 0 Å². The molecule has 0 bridgehead atoms. The van der Waals surface area contributed by atoms with Crippen LogP contribution in [0.1, 0.15) is 42.1 Å². The van der Waals surface area contributed by atoms with E-state index in [4.69, 9.17) is 0 Å². The molecule has 5 rings (SSSR count). The summed E-state index contributed by atoms with van der Waals surface area (Å²) in [5.74, 6) is 0.525. The molecule has 0 fully saturated rings. The Morgan fingerprint density at radius 1 is 0.632 bits per heavy atom. The van der Waals surface area contributed by atoms with Crippen LogP contribution in [0, 0.1) is 0 Å². The Hall–Kier alpha value is -3.27. The van der Waals surface area contributed by atoms with Gasteiger partial charge >= 0.3 is 0 Å². The number of aromatic nitrogens is 1. The van der Waals surface area contributed by atoms with Gasteiger partial charge in [0, 0.05) is 38.3 Å². The molecule has 0 aliphatic carbocycles. The van der Waals surface area contributed by atoms with Crippen LogP contribution in [0.3, 0.4) is 0 Å². The molecule has 0 atom stereocenters. The highest BCUT2D eigenvalue weighted by molar-refractivity contribution is 9.10. The van der Waals surface area contributed by atoms with Gasteiger partial charge in [-0.2, -0.15) is 4.57 Å². The standard InChI is InChI=1S/C35H30Br2N/c1-25(2)28-11-8-26(9-12-28)10-21-34-22-31(29-13-17-32(36)18-14-29)23-35(30-15-19-33(37)20-16-30)38(34)24-27-6-4-3-5-7-27/h3-23,25H,24H2,1-2H3/q+1/b21-10+. The monoisotopic (exact) mass is 622 g/mol. The first-order chi connectivity index (χ1) is 18.5. The molecule has 188 valence electrons. The number of nitrogens with zero attached hydrogens (tertiary/aromatic N) is 1. The first kappa shape index (κ1) is 26.3. The molecule has 0 unspecified atom stereocenters. The molecule has 0 N–H and O–H groups in total. The van der Waals surface area contributed by atoms with Crippen molar-refractivity contribution in [2.75, 3.05) is 0 Å². The molecule has 0 aliphatic rings. The van der Waals surface area contributed by atoms with Gasteiger partial charge in [0.25, 0.3) is 0 Å². The van der Waals surface area contributed by atoms with Crippen molar-refractivity contribution in [3.63, 3.8) is 0 Å². The number of halogens is 2. The van der Waals surface area contributed by atoms with Crippen molar-refractivity contribution in [3.05, 3.63) is 147 Å². The van der Waals surface area contributed by atoms with Crippen molar-refractivity contribution in [2.45, 2.75) is 26.3 Å². The van der Waals surface area contributed by atoms with Crippen molar-refractivity contribution in [2.24, 2.45) is 0 Å². The van der Waals surface area contributed by atoms with Crippen molar-refractivity contribution < 1.29 is 4.57 Å². The normalized spacial score (nSPS) is 11.4. The maximum absolute atomic E-state index is 3.60. The minimum Gasteiger partial charge on any atom is -0.187 e. The zero-order valence-corrected chi connectivity index (χ0v) is 24.8. The van der Waals surface area contributed by atoms with Gasteiger partial charge in [-0.15, -0.1) is 0 Å². The molecule has 38 heavy (non-hydrogen) atoms. The van der Waals surface area contributed by atoms with E-state index in [-0.39, 0.29) is 0 Å². The third-order valence-corrected chi connectivity index (χ3v) is 7.81. The molecule has 1 nitrogen and oxygen atoms in total. The van der Waals surface area contributed by atoms with Gasteiger partial charge < -0.3 is 0 Å². The minimum atomic E-state index is 0.525. The molecule has 0 radical (unpaired) electrons. The molecule has 1 heterocycles. The highest BCUT2D eigenvalue weighted by atomic mass is 79.9. The van der Waals surface area contributed by atoms with E-state index in [1.165, 1.54) is 39.1 Å². The van der Waals surface area contributed by atoms with Gasteiger partial charge in [0.1, 0.15) is 0 Å². The fourth-order valence-corrected chi connectivity index (χ4v) is 5.09. The van der Waals surface area contributed by atoms with E-state index in [1.54, 1.807) is 0 Å². The Morgan fingerprint density at radius 3 is 1.84 bits per heavy atom. The predicted octanol–water partition coefficient (Wildman–Crippen LogP) is 10.2. The average Bonchev–Trinajstić information content (AvgIpc) is 2.94. The molecule has 0 amide bonds. The van der Waals surface area contributed by atoms with E-state index in [2.05, 4.69) is 178 Å². The van der Waals surface area contributed by atoms with Crippen LogP contribution < -0.4 is 4.57 Å². The number of hydrogen-bond acceptors (Lipinski definition) is 0. The molecule has 0 saturated carbocycles. The molecule has 0 aliphatic heterocycles. The Balaban J connectivity index is 1.68. The molecule has 0 spiro atoms. The van der Waals surface area contributed by atoms with Gasteiger partial charge in [-0.05, 0) is 70.6 Å². The number of pyridine rings is 1. The van der Waals surface area contributed by atoms with Gasteiger partial charge in [-0.3, -0.25) is 0 Å². The van der Waals surface area contributed by atoms with E-state index >= 15 is 0 Å². The highest BCUT2D eigenvalue weighted by Crippen LogP contribution is 2.28. The maximum Gasteiger partial charge on any atom is 0.213 e. The summed E-state index contributed by atoms with van der Waals surface area (Å²) in [5.41, 5.74) is 9.71. The summed E-state index contributed by atoms with van der Waals surface area (Å²) in [4.78, 5) is 0. The summed E-state index contributed by atoms with van der Waals surface area (Å²) >= 11 is 7.19. The van der Waals surface area contributed by atoms with Crippen molar-refractivity contribution in [1.82, 2.24) is 0 Å². The summed E-state index contributed by atoms with van der Waals surface area (Å²) in [7, 11) is 0. The fraction of sp³-hybridized carbons (Fsp3) is 0.114. The first-order valence-electron chi connectivity index (χ1n) is 12.9. The summed E-state index contributed by atoms with van der Waals surface area (Å²) in [6.45, 7) is 5.24. The second-order valence-electron chi connectivity index (χ2n) is 9.79. The molecule has 3 heteroatoms. The van der Waals surface area contributed by atoms with Crippen LogP contribution in [0.25, 0.3) is 34.5 Å². The van der Waals surface area contributed by atoms with Crippen molar-refractivity contribution >= 4 is 44.0 Å². The maximum atomic E-state index is 3.60. The van der Waals surface area contributed by atoms with Crippen molar-refractivity contribution in [3.8, 4) is 22.4 Å². The van der Waals surface area contributed by atoms with Gasteiger partial charge in [0.2, 0.25) is 11.4 Å². The predicted molar refractivity (Wildman–Crippen MR) is 168 cm³/mol. The molecular weight excluding hydrogens is 594 g/mol. The van der Waals surface area contributed by atoms with Crippen LogP contribution in [-0.2, 0) is 6.54 Å². The number of benzene rings is 4. The quantitative estimate of drug-likeness (QED) is 0.159. The molecule has 5 aromatic rings. The third kappa shape index (κ3) is 6.40. The van der Waals surface area contributed by atoms with Crippen LogP contribution in [0.15, 0.2) is 124 Å². The summed E-state index contributed by atoms with van der Waals surface area (Å²) in [6.07, 6.45) is 4.47. The van der Waals surface area contributed by atoms with Crippen LogP contribution in [0.4, 0.5) is 0 Å². The highest BCUT2D eigenvalue weighted by Gasteiger charge is 2.21. The van der Waals surface area contributed by atoms with Crippen LogP contribution in [0.5, 0.6) is 0 Å². The van der Waals surface area contributed by atoms with Crippen LogP contribution in [0.2, 0.25) is 0 Å². The van der Waals surface area contributed by atoms with Crippen LogP contribution >= 0.6 is 31.9 Å². The molecule has 0 saturated heterocycles. The zero-order valence-electron chi connectivity index (χ0n) is 21.6. The van der Waals surface area contributed by atoms with E-state index in [9.17, 15) is 0 Å². The number of hydrogen-bond donors (Lipinski definition) is 0. The number of rotatable bonds is 7. The van der Waals surface area contributed by atoms with E-state index in [0.29, 0.717) is 5.92 Å². The van der Waals surface area contributed by atoms with Gasteiger partial charge in [-0.25, -0.2) is 0 Å². The van der Waals surface area contributed by atoms with Crippen LogP contribution in [-0.4, -0.2) is 0 Å². The smallest absolute Gasteiger partial charge is 0.187 e. The van der Waals surface area contributed by atoms with E-state index in [0.717, 1.165) is 21.2 Å². The Kier molecular flexibility index (Phi) is 8.36. The largest absolute Gasteiger partial charge is 0.213 e. The Labute approximate surface area is 242 Å². The third-order valence-electron chi connectivity index (χ3n) is 6.75. The lowest BCUT2D eigenvalue weighted by Crippen LogP contribution is -2.40. The lowest BCUT2D eigenvalue weighted by Gasteiger charge is -2.12.